The van der Waals surface area contributed by atoms with E-state index in [1.165, 1.54) is 9.80 Å². The number of likely N-dealkylation sites (tertiary alicyclic amines) is 2. The van der Waals surface area contributed by atoms with Gasteiger partial charge in [-0.3, -0.25) is 9.59 Å². The van der Waals surface area contributed by atoms with Crippen LogP contribution >= 0.6 is 0 Å². The molecule has 0 aromatic heterocycles. The normalized spacial score (nSPS) is 22.6. The second-order valence-corrected chi connectivity index (χ2v) is 6.37. The summed E-state index contributed by atoms with van der Waals surface area (Å²) in [6.07, 6.45) is 3.83. The first kappa shape index (κ1) is 20.9. The van der Waals surface area contributed by atoms with Gasteiger partial charge in [-0.15, -0.1) is 0 Å². The Morgan fingerprint density at radius 3 is 1.44 bits per heavy atom. The highest BCUT2D eigenvalue weighted by molar-refractivity contribution is 5.85. The highest BCUT2D eigenvalue weighted by atomic mass is 16.4. The maximum atomic E-state index is 12.1. The van der Waals surface area contributed by atoms with Crippen LogP contribution < -0.4 is 0 Å². The molecule has 2 atom stereocenters. The second-order valence-electron chi connectivity index (χ2n) is 6.37. The van der Waals surface area contributed by atoms with Crippen LogP contribution in [-0.4, -0.2) is 74.4 Å². The summed E-state index contributed by atoms with van der Waals surface area (Å²) in [5.74, 6) is -2.30. The number of hydrogen-bond donors (Lipinski definition) is 2. The first-order valence-electron chi connectivity index (χ1n) is 8.46. The molecule has 9 heteroatoms. The molecular weight excluding hydrogens is 332 g/mol. The Labute approximate surface area is 145 Å². The van der Waals surface area contributed by atoms with Gasteiger partial charge in [0.05, 0.1) is 0 Å². The van der Waals surface area contributed by atoms with Crippen LogP contribution in [0.4, 0.5) is 0 Å². The van der Waals surface area contributed by atoms with E-state index in [0.29, 0.717) is 51.6 Å². The molecule has 9 nitrogen and oxygen atoms in total. The van der Waals surface area contributed by atoms with Gasteiger partial charge in [0, 0.05) is 25.9 Å². The SMILES string of the molecule is O.O=C(O)[C@H]1CCCN1C(=O)CCCCC(=O)N1CCC[C@@H]1C(=O)O. The maximum Gasteiger partial charge on any atom is 0.326 e. The Morgan fingerprint density at radius 1 is 0.760 bits per heavy atom. The number of nitrogens with zero attached hydrogens (tertiary/aromatic N) is 2. The summed E-state index contributed by atoms with van der Waals surface area (Å²) in [5, 5.41) is 18.2. The molecule has 0 aromatic rings. The largest absolute Gasteiger partial charge is 0.480 e. The summed E-state index contributed by atoms with van der Waals surface area (Å²) in [6.45, 7) is 0.950. The van der Waals surface area contributed by atoms with E-state index >= 15 is 0 Å². The van der Waals surface area contributed by atoms with E-state index in [0.717, 1.165) is 0 Å². The number of hydrogen-bond acceptors (Lipinski definition) is 4. The molecule has 2 fully saturated rings. The zero-order valence-corrected chi connectivity index (χ0v) is 14.1. The predicted molar refractivity (Wildman–Crippen MR) is 86.8 cm³/mol. The Bertz CT molecular complexity index is 477. The van der Waals surface area contributed by atoms with Crippen molar-refractivity contribution >= 4 is 23.8 Å². The van der Waals surface area contributed by atoms with Gasteiger partial charge in [0.15, 0.2) is 0 Å². The van der Waals surface area contributed by atoms with E-state index in [4.69, 9.17) is 10.2 Å². The van der Waals surface area contributed by atoms with Crippen LogP contribution in [0.15, 0.2) is 0 Å². The summed E-state index contributed by atoms with van der Waals surface area (Å²) >= 11 is 0. The summed E-state index contributed by atoms with van der Waals surface area (Å²) in [7, 11) is 0. The molecule has 0 saturated carbocycles. The molecule has 2 heterocycles. The first-order chi connectivity index (χ1) is 11.4. The third kappa shape index (κ3) is 5.15. The summed E-state index contributed by atoms with van der Waals surface area (Å²) in [6, 6.07) is -1.44. The number of carboxylic acids is 2. The average Bonchev–Trinajstić information content (AvgIpc) is 3.19. The van der Waals surface area contributed by atoms with Crippen LogP contribution in [0.2, 0.25) is 0 Å². The summed E-state index contributed by atoms with van der Waals surface area (Å²) in [5.41, 5.74) is 0. The van der Waals surface area contributed by atoms with E-state index in [9.17, 15) is 19.2 Å². The number of amides is 2. The van der Waals surface area contributed by atoms with Crippen molar-refractivity contribution in [3.63, 3.8) is 0 Å². The van der Waals surface area contributed by atoms with Crippen molar-refractivity contribution in [1.82, 2.24) is 9.80 Å². The zero-order chi connectivity index (χ0) is 17.7. The minimum absolute atomic E-state index is 0. The molecule has 25 heavy (non-hydrogen) atoms. The van der Waals surface area contributed by atoms with E-state index < -0.39 is 24.0 Å². The molecule has 2 aliphatic heterocycles. The van der Waals surface area contributed by atoms with Gasteiger partial charge in [0.2, 0.25) is 11.8 Å². The third-order valence-electron chi connectivity index (χ3n) is 4.75. The lowest BCUT2D eigenvalue weighted by Crippen LogP contribution is -2.40. The van der Waals surface area contributed by atoms with Crippen LogP contribution in [0, 0.1) is 0 Å². The van der Waals surface area contributed by atoms with Gasteiger partial charge in [0.25, 0.3) is 0 Å². The van der Waals surface area contributed by atoms with Crippen LogP contribution in [0.25, 0.3) is 0 Å². The Kier molecular flexibility index (Phi) is 7.82. The van der Waals surface area contributed by atoms with Gasteiger partial charge < -0.3 is 25.5 Å². The standard InChI is InChI=1S/C16H24N2O6.H2O/c19-13(17-9-3-5-11(17)15(21)22)7-1-2-8-14(20)18-10-4-6-12(18)16(23)24;/h11-12H,1-10H2,(H,21,22)(H,23,24);1H2/t11-,12-;/m1./s1. The molecule has 0 radical (unpaired) electrons. The lowest BCUT2D eigenvalue weighted by molar-refractivity contribution is -0.148. The number of carboxylic acid groups (broad SMARTS) is 2. The third-order valence-corrected chi connectivity index (χ3v) is 4.75. The van der Waals surface area contributed by atoms with Crippen molar-refractivity contribution in [2.24, 2.45) is 0 Å². The van der Waals surface area contributed by atoms with Crippen LogP contribution in [-0.2, 0) is 19.2 Å². The van der Waals surface area contributed by atoms with E-state index in [2.05, 4.69) is 0 Å². The summed E-state index contributed by atoms with van der Waals surface area (Å²) in [4.78, 5) is 49.2. The Morgan fingerprint density at radius 2 is 1.12 bits per heavy atom. The quantitative estimate of drug-likeness (QED) is 0.606. The molecule has 2 aliphatic rings. The predicted octanol–water partition coefficient (Wildman–Crippen LogP) is -0.127. The average molecular weight is 358 g/mol. The number of carbonyl (C=O) groups is 4. The van der Waals surface area contributed by atoms with E-state index in [1.807, 2.05) is 0 Å². The van der Waals surface area contributed by atoms with Gasteiger partial charge in [-0.25, -0.2) is 9.59 Å². The number of carbonyl (C=O) groups excluding carboxylic acids is 2. The molecule has 142 valence electrons. The molecule has 2 rings (SSSR count). The zero-order valence-electron chi connectivity index (χ0n) is 14.1. The molecule has 4 N–H and O–H groups in total. The van der Waals surface area contributed by atoms with Gasteiger partial charge >= 0.3 is 11.9 Å². The molecule has 0 aliphatic carbocycles. The molecule has 0 bridgehead atoms. The molecule has 0 unspecified atom stereocenters. The minimum Gasteiger partial charge on any atom is -0.480 e. The van der Waals surface area contributed by atoms with Crippen LogP contribution in [0.3, 0.4) is 0 Å². The fourth-order valence-electron chi connectivity index (χ4n) is 3.48. The molecule has 2 saturated heterocycles. The van der Waals surface area contributed by atoms with Crippen LogP contribution in [0.5, 0.6) is 0 Å². The van der Waals surface area contributed by atoms with Crippen molar-refractivity contribution < 1.29 is 34.9 Å². The molecule has 0 spiro atoms. The summed E-state index contributed by atoms with van der Waals surface area (Å²) < 4.78 is 0. The monoisotopic (exact) mass is 358 g/mol. The van der Waals surface area contributed by atoms with Crippen molar-refractivity contribution in [3.8, 4) is 0 Å². The molecule has 2 amide bonds. The maximum absolute atomic E-state index is 12.1. The van der Waals surface area contributed by atoms with Crippen molar-refractivity contribution in [3.05, 3.63) is 0 Å². The first-order valence-corrected chi connectivity index (χ1v) is 8.46. The smallest absolute Gasteiger partial charge is 0.326 e. The molecule has 0 aromatic carbocycles. The number of aliphatic carboxylic acids is 2. The fraction of sp³-hybridized carbons (Fsp3) is 0.750. The van der Waals surface area contributed by atoms with E-state index in [-0.39, 0.29) is 30.1 Å². The van der Waals surface area contributed by atoms with Crippen LogP contribution in [0.1, 0.15) is 51.4 Å². The van der Waals surface area contributed by atoms with E-state index in [1.54, 1.807) is 0 Å². The van der Waals surface area contributed by atoms with Crippen molar-refractivity contribution in [1.29, 1.82) is 0 Å². The highest BCUT2D eigenvalue weighted by Gasteiger charge is 2.34. The fourth-order valence-corrected chi connectivity index (χ4v) is 3.48. The van der Waals surface area contributed by atoms with Crippen molar-refractivity contribution in [2.45, 2.75) is 63.5 Å². The van der Waals surface area contributed by atoms with Gasteiger partial charge in [-0.2, -0.15) is 0 Å². The lowest BCUT2D eigenvalue weighted by atomic mass is 10.1. The molecular formula is C16H26N2O7. The van der Waals surface area contributed by atoms with Gasteiger partial charge in [-0.05, 0) is 38.5 Å². The van der Waals surface area contributed by atoms with Gasteiger partial charge in [-0.1, -0.05) is 0 Å². The minimum atomic E-state index is -0.968. The highest BCUT2D eigenvalue weighted by Crippen LogP contribution is 2.21. The second kappa shape index (κ2) is 9.36. The van der Waals surface area contributed by atoms with Gasteiger partial charge in [0.1, 0.15) is 12.1 Å². The number of unbranched alkanes of at least 4 members (excludes halogenated alkanes) is 1. The Hall–Kier alpha value is -2.16. The number of rotatable bonds is 7. The topological polar surface area (TPSA) is 147 Å². The Balaban J connectivity index is 0.00000312. The van der Waals surface area contributed by atoms with Crippen molar-refractivity contribution in [2.75, 3.05) is 13.1 Å². The lowest BCUT2D eigenvalue weighted by Gasteiger charge is -2.22.